The van der Waals surface area contributed by atoms with E-state index in [0.29, 0.717) is 13.0 Å². The molecular weight excluding hydrogens is 240 g/mol. The van der Waals surface area contributed by atoms with Gasteiger partial charge in [-0.2, -0.15) is 0 Å². The summed E-state index contributed by atoms with van der Waals surface area (Å²) >= 11 is 0. The predicted molar refractivity (Wildman–Crippen MR) is 63.3 cm³/mol. The van der Waals surface area contributed by atoms with Gasteiger partial charge in [-0.25, -0.2) is 17.6 Å². The van der Waals surface area contributed by atoms with Gasteiger partial charge in [0, 0.05) is 5.75 Å². The predicted octanol–water partition coefficient (Wildman–Crippen LogP) is 0.901. The van der Waals surface area contributed by atoms with Crippen molar-refractivity contribution in [3.05, 3.63) is 18.7 Å². The van der Waals surface area contributed by atoms with Gasteiger partial charge in [0.25, 0.3) is 0 Å². The third-order valence-electron chi connectivity index (χ3n) is 2.58. The van der Waals surface area contributed by atoms with Crippen LogP contribution in [-0.2, 0) is 23.2 Å². The van der Waals surface area contributed by atoms with Gasteiger partial charge in [0.2, 0.25) is 6.33 Å². The third kappa shape index (κ3) is 6.43. The number of imidazole rings is 1. The number of nitrogens with zero attached hydrogens (tertiary/aromatic N) is 2. The SMILES string of the molecule is CCCCCn1cc[n+](CCCS(=O)(=O)[O-])c1. The van der Waals surface area contributed by atoms with Crippen LogP contribution in [-0.4, -0.2) is 23.3 Å². The topological polar surface area (TPSA) is 66.0 Å². The van der Waals surface area contributed by atoms with Crippen molar-refractivity contribution in [2.45, 2.75) is 45.7 Å². The molecule has 0 spiro atoms. The van der Waals surface area contributed by atoms with Crippen LogP contribution in [0.3, 0.4) is 0 Å². The van der Waals surface area contributed by atoms with E-state index < -0.39 is 10.1 Å². The lowest BCUT2D eigenvalue weighted by atomic mass is 10.2. The Labute approximate surface area is 103 Å². The average Bonchev–Trinajstić information content (AvgIpc) is 2.64. The van der Waals surface area contributed by atoms with Gasteiger partial charge in [-0.05, 0) is 19.3 Å². The van der Waals surface area contributed by atoms with E-state index in [4.69, 9.17) is 0 Å². The fraction of sp³-hybridized carbons (Fsp3) is 0.727. The van der Waals surface area contributed by atoms with Gasteiger partial charge in [0.1, 0.15) is 12.4 Å². The quantitative estimate of drug-likeness (QED) is 0.396. The minimum absolute atomic E-state index is 0.291. The van der Waals surface area contributed by atoms with E-state index in [0.717, 1.165) is 13.0 Å². The van der Waals surface area contributed by atoms with Gasteiger partial charge in [0.15, 0.2) is 0 Å². The Hall–Kier alpha value is -0.880. The second-order valence-electron chi connectivity index (χ2n) is 4.21. The van der Waals surface area contributed by atoms with Gasteiger partial charge in [-0.1, -0.05) is 13.3 Å². The molecule has 0 N–H and O–H groups in total. The molecule has 1 aromatic rings. The largest absolute Gasteiger partial charge is 0.748 e. The molecule has 0 saturated carbocycles. The van der Waals surface area contributed by atoms with Gasteiger partial charge in [0.05, 0.1) is 23.2 Å². The number of rotatable bonds is 8. The lowest BCUT2D eigenvalue weighted by Gasteiger charge is -2.04. The summed E-state index contributed by atoms with van der Waals surface area (Å²) in [6.07, 6.45) is 9.77. The fourth-order valence-corrected chi connectivity index (χ4v) is 2.15. The van der Waals surface area contributed by atoms with Crippen LogP contribution in [0.25, 0.3) is 0 Å². The smallest absolute Gasteiger partial charge is 0.243 e. The Morgan fingerprint density at radius 1 is 1.29 bits per heavy atom. The van der Waals surface area contributed by atoms with Gasteiger partial charge in [-0.15, -0.1) is 0 Å². The zero-order valence-electron chi connectivity index (χ0n) is 10.2. The number of aryl methyl sites for hydroxylation is 2. The molecule has 0 atom stereocenters. The number of unbranched alkanes of at least 4 members (excludes halogenated alkanes) is 2. The minimum atomic E-state index is -4.08. The molecule has 98 valence electrons. The Morgan fingerprint density at radius 3 is 2.71 bits per heavy atom. The van der Waals surface area contributed by atoms with Crippen LogP contribution in [0.2, 0.25) is 0 Å². The van der Waals surface area contributed by atoms with Crippen molar-refractivity contribution in [2.75, 3.05) is 5.75 Å². The minimum Gasteiger partial charge on any atom is -0.748 e. The second kappa shape index (κ2) is 6.76. The molecule has 0 aliphatic heterocycles. The molecule has 1 aromatic heterocycles. The lowest BCUT2D eigenvalue weighted by Crippen LogP contribution is -2.32. The first-order valence-electron chi connectivity index (χ1n) is 5.99. The van der Waals surface area contributed by atoms with Crippen LogP contribution in [0.1, 0.15) is 32.6 Å². The molecule has 1 heterocycles. The molecule has 17 heavy (non-hydrogen) atoms. The zero-order valence-corrected chi connectivity index (χ0v) is 11.0. The Morgan fingerprint density at radius 2 is 2.06 bits per heavy atom. The summed E-state index contributed by atoms with van der Waals surface area (Å²) in [7, 11) is -4.08. The lowest BCUT2D eigenvalue weighted by molar-refractivity contribution is -0.696. The standard InChI is InChI=1S/C11H20N2O3S/c1-2-3-4-6-12-8-9-13(11-12)7-5-10-17(14,15)16/h8-9,11H,2-7,10H2,1H3. The monoisotopic (exact) mass is 260 g/mol. The Bertz CT molecular complexity index is 426. The fourth-order valence-electron chi connectivity index (χ4n) is 1.67. The molecule has 5 nitrogen and oxygen atoms in total. The normalized spacial score (nSPS) is 11.9. The molecule has 0 amide bonds. The van der Waals surface area contributed by atoms with Crippen molar-refractivity contribution in [1.82, 2.24) is 4.57 Å². The first kappa shape index (κ1) is 14.2. The zero-order chi connectivity index (χ0) is 12.7. The van der Waals surface area contributed by atoms with Crippen LogP contribution in [0.4, 0.5) is 0 Å². The number of hydrogen-bond acceptors (Lipinski definition) is 3. The summed E-state index contributed by atoms with van der Waals surface area (Å²) in [6.45, 7) is 3.72. The highest BCUT2D eigenvalue weighted by atomic mass is 32.2. The summed E-state index contributed by atoms with van der Waals surface area (Å²) in [5, 5.41) is 0. The summed E-state index contributed by atoms with van der Waals surface area (Å²) < 4.78 is 35.3. The molecule has 0 saturated heterocycles. The van der Waals surface area contributed by atoms with E-state index in [9.17, 15) is 13.0 Å². The first-order valence-corrected chi connectivity index (χ1v) is 7.57. The second-order valence-corrected chi connectivity index (χ2v) is 5.74. The third-order valence-corrected chi connectivity index (χ3v) is 3.37. The molecule has 0 unspecified atom stereocenters. The molecule has 0 aromatic carbocycles. The first-order chi connectivity index (χ1) is 8.01. The number of aromatic nitrogens is 2. The van der Waals surface area contributed by atoms with E-state index >= 15 is 0 Å². The summed E-state index contributed by atoms with van der Waals surface area (Å²) in [6, 6.07) is 0. The van der Waals surface area contributed by atoms with Crippen molar-refractivity contribution in [2.24, 2.45) is 0 Å². The molecule has 0 radical (unpaired) electrons. The van der Waals surface area contributed by atoms with Crippen molar-refractivity contribution in [3.8, 4) is 0 Å². The van der Waals surface area contributed by atoms with Gasteiger partial charge < -0.3 is 4.55 Å². The molecule has 1 rings (SSSR count). The maximum Gasteiger partial charge on any atom is 0.243 e. The van der Waals surface area contributed by atoms with E-state index in [-0.39, 0.29) is 5.75 Å². The maximum atomic E-state index is 10.4. The van der Waals surface area contributed by atoms with Crippen molar-refractivity contribution >= 4 is 10.1 Å². The summed E-state index contributed by atoms with van der Waals surface area (Å²) in [4.78, 5) is 0. The summed E-state index contributed by atoms with van der Waals surface area (Å²) in [5.41, 5.74) is 0. The van der Waals surface area contributed by atoms with Crippen molar-refractivity contribution in [3.63, 3.8) is 0 Å². The summed E-state index contributed by atoms with van der Waals surface area (Å²) in [5.74, 6) is -0.291. The van der Waals surface area contributed by atoms with Crippen molar-refractivity contribution < 1.29 is 17.5 Å². The number of hydrogen-bond donors (Lipinski definition) is 0. The molecule has 0 fully saturated rings. The molecule has 0 aliphatic carbocycles. The molecular formula is C11H20N2O3S. The molecule has 0 aliphatic rings. The maximum absolute atomic E-state index is 10.4. The van der Waals surface area contributed by atoms with Crippen LogP contribution >= 0.6 is 0 Å². The Balaban J connectivity index is 2.30. The van der Waals surface area contributed by atoms with Crippen LogP contribution in [0.5, 0.6) is 0 Å². The van der Waals surface area contributed by atoms with E-state index in [1.807, 2.05) is 23.3 Å². The molecule has 0 bridgehead atoms. The molecule has 6 heteroatoms. The van der Waals surface area contributed by atoms with Crippen LogP contribution < -0.4 is 4.57 Å². The van der Waals surface area contributed by atoms with Crippen molar-refractivity contribution in [1.29, 1.82) is 0 Å². The van der Waals surface area contributed by atoms with E-state index in [1.165, 1.54) is 12.8 Å². The Kier molecular flexibility index (Phi) is 5.64. The van der Waals surface area contributed by atoms with E-state index in [1.54, 1.807) is 0 Å². The van der Waals surface area contributed by atoms with Gasteiger partial charge in [-0.3, -0.25) is 0 Å². The van der Waals surface area contributed by atoms with E-state index in [2.05, 4.69) is 11.5 Å². The van der Waals surface area contributed by atoms with Crippen LogP contribution in [0.15, 0.2) is 18.7 Å². The highest BCUT2D eigenvalue weighted by molar-refractivity contribution is 7.85. The van der Waals surface area contributed by atoms with Gasteiger partial charge >= 0.3 is 0 Å². The highest BCUT2D eigenvalue weighted by Gasteiger charge is 2.04. The average molecular weight is 260 g/mol. The van der Waals surface area contributed by atoms with Crippen LogP contribution in [0, 0.1) is 0 Å². The highest BCUT2D eigenvalue weighted by Crippen LogP contribution is 1.97.